The van der Waals surface area contributed by atoms with Crippen molar-refractivity contribution in [2.75, 3.05) is 46.3 Å². The lowest BCUT2D eigenvalue weighted by atomic mass is 10.1. The Morgan fingerprint density at radius 1 is 1.06 bits per heavy atom. The summed E-state index contributed by atoms with van der Waals surface area (Å²) in [5.41, 5.74) is 0. The maximum Gasteiger partial charge on any atom is 0.219 e. The summed E-state index contributed by atoms with van der Waals surface area (Å²) in [4.78, 5) is 4.38. The second kappa shape index (κ2) is 4.84. The fraction of sp³-hybridized carbons (Fsp3) is 1.00. The lowest BCUT2D eigenvalue weighted by molar-refractivity contribution is 0.135. The van der Waals surface area contributed by atoms with Crippen molar-refractivity contribution in [2.24, 2.45) is 0 Å². The van der Waals surface area contributed by atoms with Crippen LogP contribution in [0.4, 0.5) is 0 Å². The van der Waals surface area contributed by atoms with Crippen LogP contribution in [0.25, 0.3) is 0 Å². The van der Waals surface area contributed by atoms with E-state index in [1.165, 1.54) is 0 Å². The number of likely N-dealkylation sites (N-methyl/N-ethyl adjacent to an activating group) is 1. The van der Waals surface area contributed by atoms with Crippen LogP contribution in [0, 0.1) is 0 Å². The van der Waals surface area contributed by atoms with Crippen LogP contribution in [0.5, 0.6) is 0 Å². The molecule has 0 aromatic carbocycles. The number of rotatable bonds is 3. The Labute approximate surface area is 104 Å². The maximum atomic E-state index is 12.3. The first-order chi connectivity index (χ1) is 7.91. The van der Waals surface area contributed by atoms with Gasteiger partial charge in [0.25, 0.3) is 0 Å². The Morgan fingerprint density at radius 2 is 1.59 bits per heavy atom. The third-order valence-corrected chi connectivity index (χ3v) is 6.08. The average Bonchev–Trinajstić information content (AvgIpc) is 2.14. The van der Waals surface area contributed by atoms with Crippen LogP contribution in [-0.4, -0.2) is 80.1 Å². The molecule has 5 nitrogen and oxygen atoms in total. The summed E-state index contributed by atoms with van der Waals surface area (Å²) in [6.45, 7) is 8.61. The minimum Gasteiger partial charge on any atom is -0.304 e. The Balaban J connectivity index is 1.92. The van der Waals surface area contributed by atoms with Crippen molar-refractivity contribution in [3.8, 4) is 0 Å². The SMILES string of the molecule is CC(C)N1CC(S(=O)(=O)N2CCN(C)CC2)C1. The van der Waals surface area contributed by atoms with Crippen molar-refractivity contribution < 1.29 is 8.42 Å². The minimum atomic E-state index is -3.05. The number of nitrogens with zero attached hydrogens (tertiary/aromatic N) is 3. The predicted octanol–water partition coefficient (Wildman–Crippen LogP) is -0.344. The fourth-order valence-electron chi connectivity index (χ4n) is 2.33. The van der Waals surface area contributed by atoms with E-state index in [-0.39, 0.29) is 5.25 Å². The van der Waals surface area contributed by atoms with Crippen molar-refractivity contribution in [1.82, 2.24) is 14.1 Å². The van der Waals surface area contributed by atoms with Crippen LogP contribution in [0.1, 0.15) is 13.8 Å². The second-order valence-corrected chi connectivity index (χ2v) is 7.63. The number of hydrogen-bond donors (Lipinski definition) is 0. The van der Waals surface area contributed by atoms with E-state index in [4.69, 9.17) is 0 Å². The van der Waals surface area contributed by atoms with Crippen molar-refractivity contribution in [2.45, 2.75) is 25.1 Å². The third kappa shape index (κ3) is 2.65. The van der Waals surface area contributed by atoms with Gasteiger partial charge in [0.2, 0.25) is 10.0 Å². The average molecular weight is 261 g/mol. The maximum absolute atomic E-state index is 12.3. The highest BCUT2D eigenvalue weighted by Gasteiger charge is 2.41. The molecule has 2 heterocycles. The summed E-state index contributed by atoms with van der Waals surface area (Å²) in [5.74, 6) is 0. The molecule has 2 fully saturated rings. The molecule has 2 aliphatic rings. The monoisotopic (exact) mass is 261 g/mol. The minimum absolute atomic E-state index is 0.173. The smallest absolute Gasteiger partial charge is 0.219 e. The van der Waals surface area contributed by atoms with Gasteiger partial charge in [-0.3, -0.25) is 4.90 Å². The van der Waals surface area contributed by atoms with Gasteiger partial charge in [-0.2, -0.15) is 4.31 Å². The molecule has 2 rings (SSSR count). The summed E-state index contributed by atoms with van der Waals surface area (Å²) >= 11 is 0. The first-order valence-electron chi connectivity index (χ1n) is 6.33. The molecule has 0 aromatic heterocycles. The van der Waals surface area contributed by atoms with E-state index < -0.39 is 10.0 Å². The lowest BCUT2D eigenvalue weighted by Gasteiger charge is -2.44. The van der Waals surface area contributed by atoms with Gasteiger partial charge in [0, 0.05) is 45.3 Å². The molecule has 0 N–H and O–H groups in total. The molecule has 0 radical (unpaired) electrons. The quantitative estimate of drug-likeness (QED) is 0.697. The van der Waals surface area contributed by atoms with E-state index >= 15 is 0 Å². The van der Waals surface area contributed by atoms with Crippen molar-refractivity contribution in [3.63, 3.8) is 0 Å². The summed E-state index contributed by atoms with van der Waals surface area (Å²) in [7, 11) is -1.01. The third-order valence-electron chi connectivity index (χ3n) is 3.85. The van der Waals surface area contributed by atoms with Gasteiger partial charge in [0.15, 0.2) is 0 Å². The van der Waals surface area contributed by atoms with Gasteiger partial charge >= 0.3 is 0 Å². The number of hydrogen-bond acceptors (Lipinski definition) is 4. The van der Waals surface area contributed by atoms with Crippen molar-refractivity contribution in [1.29, 1.82) is 0 Å². The number of piperazine rings is 1. The van der Waals surface area contributed by atoms with Gasteiger partial charge in [-0.1, -0.05) is 0 Å². The Morgan fingerprint density at radius 3 is 2.06 bits per heavy atom. The van der Waals surface area contributed by atoms with Crippen LogP contribution >= 0.6 is 0 Å². The second-order valence-electron chi connectivity index (χ2n) is 5.42. The molecule has 0 aliphatic carbocycles. The Bertz CT molecular complexity index is 355. The molecule has 6 heteroatoms. The molecule has 100 valence electrons. The lowest BCUT2D eigenvalue weighted by Crippen LogP contribution is -2.61. The summed E-state index contributed by atoms with van der Waals surface area (Å²) in [6, 6.07) is 0.453. The van der Waals surface area contributed by atoms with Crippen molar-refractivity contribution in [3.05, 3.63) is 0 Å². The van der Waals surface area contributed by atoms with Crippen LogP contribution < -0.4 is 0 Å². The largest absolute Gasteiger partial charge is 0.304 e. The molecule has 0 unspecified atom stereocenters. The van der Waals surface area contributed by atoms with E-state index in [1.54, 1.807) is 4.31 Å². The Hall–Kier alpha value is -0.170. The van der Waals surface area contributed by atoms with E-state index in [0.29, 0.717) is 32.2 Å². The molecule has 0 bridgehead atoms. The highest BCUT2D eigenvalue weighted by atomic mass is 32.2. The first kappa shape index (κ1) is 13.3. The molecule has 17 heavy (non-hydrogen) atoms. The van der Waals surface area contributed by atoms with Crippen LogP contribution in [0.15, 0.2) is 0 Å². The van der Waals surface area contributed by atoms with E-state index in [0.717, 1.165) is 13.1 Å². The van der Waals surface area contributed by atoms with E-state index in [1.807, 2.05) is 7.05 Å². The van der Waals surface area contributed by atoms with Gasteiger partial charge in [0.1, 0.15) is 5.25 Å². The highest BCUT2D eigenvalue weighted by molar-refractivity contribution is 7.89. The highest BCUT2D eigenvalue weighted by Crippen LogP contribution is 2.22. The van der Waals surface area contributed by atoms with Crippen LogP contribution in [0.3, 0.4) is 0 Å². The van der Waals surface area contributed by atoms with Gasteiger partial charge in [-0.15, -0.1) is 0 Å². The van der Waals surface area contributed by atoms with Crippen molar-refractivity contribution >= 4 is 10.0 Å². The predicted molar refractivity (Wildman–Crippen MR) is 68.5 cm³/mol. The van der Waals surface area contributed by atoms with Crippen LogP contribution in [0.2, 0.25) is 0 Å². The summed E-state index contributed by atoms with van der Waals surface area (Å²) < 4.78 is 26.3. The van der Waals surface area contributed by atoms with Gasteiger partial charge < -0.3 is 4.90 Å². The van der Waals surface area contributed by atoms with E-state index in [9.17, 15) is 8.42 Å². The number of sulfonamides is 1. The summed E-state index contributed by atoms with van der Waals surface area (Å²) in [6.07, 6.45) is 0. The molecule has 0 aromatic rings. The molecule has 0 amide bonds. The zero-order valence-corrected chi connectivity index (χ0v) is 11.8. The Kier molecular flexibility index (Phi) is 3.77. The van der Waals surface area contributed by atoms with Gasteiger partial charge in [0.05, 0.1) is 0 Å². The molecular weight excluding hydrogens is 238 g/mol. The zero-order valence-electron chi connectivity index (χ0n) is 11.0. The zero-order chi connectivity index (χ0) is 12.6. The molecular formula is C11H23N3O2S. The molecule has 0 saturated carbocycles. The molecule has 2 aliphatic heterocycles. The standard InChI is InChI=1S/C11H23N3O2S/c1-10(2)13-8-11(9-13)17(15,16)14-6-4-12(3)5-7-14/h10-11H,4-9H2,1-3H3. The first-order valence-corrected chi connectivity index (χ1v) is 7.83. The van der Waals surface area contributed by atoms with Gasteiger partial charge in [-0.25, -0.2) is 8.42 Å². The molecule has 0 atom stereocenters. The number of likely N-dealkylation sites (tertiary alicyclic amines) is 1. The fourth-order valence-corrected chi connectivity index (χ4v) is 4.19. The van der Waals surface area contributed by atoms with Gasteiger partial charge in [-0.05, 0) is 20.9 Å². The van der Waals surface area contributed by atoms with Crippen LogP contribution in [-0.2, 0) is 10.0 Å². The molecule has 0 spiro atoms. The summed E-state index contributed by atoms with van der Waals surface area (Å²) in [5, 5.41) is -0.173. The topological polar surface area (TPSA) is 43.9 Å². The normalized spacial score (nSPS) is 26.4. The molecule has 2 saturated heterocycles. The van der Waals surface area contributed by atoms with E-state index in [2.05, 4.69) is 23.6 Å².